The van der Waals surface area contributed by atoms with Gasteiger partial charge in [0, 0.05) is 19.1 Å². The van der Waals surface area contributed by atoms with Gasteiger partial charge in [-0.05, 0) is 26.9 Å². The number of fused-ring (bicyclic) bond motifs is 1. The number of aromatic nitrogens is 4. The minimum atomic E-state index is 0.437. The van der Waals surface area contributed by atoms with E-state index >= 15 is 0 Å². The SMILES string of the molecule is CCNc1nc(NC2CCN(C)C2)c2cn[nH]c2n1. The zero-order chi connectivity index (χ0) is 13.2. The lowest BCUT2D eigenvalue weighted by Gasteiger charge is -2.14. The number of aromatic amines is 1. The lowest BCUT2D eigenvalue weighted by atomic mass is 10.2. The Morgan fingerprint density at radius 3 is 3.11 bits per heavy atom. The van der Waals surface area contributed by atoms with Crippen LogP contribution in [0.1, 0.15) is 13.3 Å². The van der Waals surface area contributed by atoms with Crippen molar-refractivity contribution < 1.29 is 0 Å². The molecule has 0 spiro atoms. The molecule has 1 unspecified atom stereocenters. The Bertz CT molecular complexity index is 564. The van der Waals surface area contributed by atoms with Crippen LogP contribution >= 0.6 is 0 Å². The standard InChI is InChI=1S/C12H19N7/c1-3-13-12-16-10(9-6-14-18-11(9)17-12)15-8-4-5-19(2)7-8/h6,8H,3-5,7H2,1-2H3,(H3,13,14,15,16,17,18). The number of hydrogen-bond donors (Lipinski definition) is 3. The molecule has 1 aliphatic rings. The Morgan fingerprint density at radius 1 is 1.47 bits per heavy atom. The summed E-state index contributed by atoms with van der Waals surface area (Å²) in [4.78, 5) is 11.2. The molecule has 2 aromatic rings. The molecule has 1 fully saturated rings. The lowest BCUT2D eigenvalue weighted by molar-refractivity contribution is 0.414. The van der Waals surface area contributed by atoms with Gasteiger partial charge in [0.1, 0.15) is 5.82 Å². The number of anilines is 2. The number of likely N-dealkylation sites (N-methyl/N-ethyl adjacent to an activating group) is 1. The van der Waals surface area contributed by atoms with Crippen molar-refractivity contribution in [1.82, 2.24) is 25.1 Å². The molecule has 19 heavy (non-hydrogen) atoms. The topological polar surface area (TPSA) is 81.8 Å². The highest BCUT2D eigenvalue weighted by atomic mass is 15.2. The Balaban J connectivity index is 1.89. The third kappa shape index (κ3) is 2.46. The molecule has 3 heterocycles. The van der Waals surface area contributed by atoms with E-state index in [-0.39, 0.29) is 0 Å². The summed E-state index contributed by atoms with van der Waals surface area (Å²) in [6.07, 6.45) is 2.91. The zero-order valence-electron chi connectivity index (χ0n) is 11.3. The van der Waals surface area contributed by atoms with Crippen LogP contribution in [0.3, 0.4) is 0 Å². The van der Waals surface area contributed by atoms with E-state index in [0.717, 1.165) is 42.9 Å². The normalized spacial score (nSPS) is 20.0. The zero-order valence-corrected chi connectivity index (χ0v) is 11.3. The smallest absolute Gasteiger partial charge is 0.226 e. The predicted octanol–water partition coefficient (Wildman–Crippen LogP) is 0.901. The molecule has 2 aromatic heterocycles. The fourth-order valence-corrected chi connectivity index (χ4v) is 2.43. The van der Waals surface area contributed by atoms with Gasteiger partial charge in [-0.3, -0.25) is 5.10 Å². The van der Waals surface area contributed by atoms with E-state index in [9.17, 15) is 0 Å². The second-order valence-electron chi connectivity index (χ2n) is 4.95. The van der Waals surface area contributed by atoms with Crippen LogP contribution in [-0.4, -0.2) is 57.8 Å². The van der Waals surface area contributed by atoms with E-state index in [1.807, 2.05) is 6.92 Å². The van der Waals surface area contributed by atoms with Gasteiger partial charge >= 0.3 is 0 Å². The maximum atomic E-state index is 4.54. The lowest BCUT2D eigenvalue weighted by Crippen LogP contribution is -2.24. The minimum Gasteiger partial charge on any atom is -0.365 e. The summed E-state index contributed by atoms with van der Waals surface area (Å²) in [5.41, 5.74) is 0.764. The van der Waals surface area contributed by atoms with Crippen molar-refractivity contribution in [3.63, 3.8) is 0 Å². The second kappa shape index (κ2) is 5.00. The van der Waals surface area contributed by atoms with Gasteiger partial charge < -0.3 is 15.5 Å². The maximum Gasteiger partial charge on any atom is 0.226 e. The maximum absolute atomic E-state index is 4.54. The summed E-state index contributed by atoms with van der Waals surface area (Å²) >= 11 is 0. The van der Waals surface area contributed by atoms with E-state index < -0.39 is 0 Å². The van der Waals surface area contributed by atoms with Crippen LogP contribution in [0.25, 0.3) is 11.0 Å². The average molecular weight is 261 g/mol. The summed E-state index contributed by atoms with van der Waals surface area (Å²) in [5, 5.41) is 14.5. The van der Waals surface area contributed by atoms with Crippen molar-refractivity contribution in [3.05, 3.63) is 6.20 Å². The number of H-pyrrole nitrogens is 1. The van der Waals surface area contributed by atoms with E-state index in [1.54, 1.807) is 6.20 Å². The van der Waals surface area contributed by atoms with Crippen molar-refractivity contribution in [2.24, 2.45) is 0 Å². The third-order valence-electron chi connectivity index (χ3n) is 3.38. The molecular formula is C12H19N7. The van der Waals surface area contributed by atoms with E-state index in [4.69, 9.17) is 0 Å². The van der Waals surface area contributed by atoms with Gasteiger partial charge in [-0.15, -0.1) is 0 Å². The molecule has 0 aliphatic carbocycles. The van der Waals surface area contributed by atoms with E-state index in [2.05, 4.69) is 42.7 Å². The molecular weight excluding hydrogens is 242 g/mol. The van der Waals surface area contributed by atoms with Gasteiger partial charge in [0.15, 0.2) is 5.65 Å². The fourth-order valence-electron chi connectivity index (χ4n) is 2.43. The second-order valence-corrected chi connectivity index (χ2v) is 4.95. The largest absolute Gasteiger partial charge is 0.365 e. The Hall–Kier alpha value is -1.89. The highest BCUT2D eigenvalue weighted by Gasteiger charge is 2.21. The van der Waals surface area contributed by atoms with Crippen molar-refractivity contribution in [2.75, 3.05) is 37.3 Å². The quantitative estimate of drug-likeness (QED) is 0.758. The van der Waals surface area contributed by atoms with E-state index in [1.165, 1.54) is 0 Å². The molecule has 0 bridgehead atoms. The van der Waals surface area contributed by atoms with Gasteiger partial charge in [-0.2, -0.15) is 15.1 Å². The highest BCUT2D eigenvalue weighted by Crippen LogP contribution is 2.22. The summed E-state index contributed by atoms with van der Waals surface area (Å²) in [7, 11) is 2.14. The molecule has 1 saturated heterocycles. The Morgan fingerprint density at radius 2 is 2.37 bits per heavy atom. The van der Waals surface area contributed by atoms with Crippen LogP contribution < -0.4 is 10.6 Å². The molecule has 7 heteroatoms. The van der Waals surface area contributed by atoms with Gasteiger partial charge in [0.25, 0.3) is 0 Å². The average Bonchev–Trinajstić information content (AvgIpc) is 2.99. The van der Waals surface area contributed by atoms with Crippen LogP contribution in [0.2, 0.25) is 0 Å². The van der Waals surface area contributed by atoms with Crippen LogP contribution in [0, 0.1) is 0 Å². The van der Waals surface area contributed by atoms with Crippen LogP contribution in [-0.2, 0) is 0 Å². The number of hydrogen-bond acceptors (Lipinski definition) is 6. The molecule has 0 saturated carbocycles. The van der Waals surface area contributed by atoms with Gasteiger partial charge in [-0.1, -0.05) is 0 Å². The molecule has 0 aromatic carbocycles. The molecule has 0 radical (unpaired) electrons. The molecule has 1 aliphatic heterocycles. The minimum absolute atomic E-state index is 0.437. The van der Waals surface area contributed by atoms with Gasteiger partial charge in [0.2, 0.25) is 5.95 Å². The third-order valence-corrected chi connectivity index (χ3v) is 3.38. The van der Waals surface area contributed by atoms with Crippen molar-refractivity contribution in [1.29, 1.82) is 0 Å². The molecule has 0 amide bonds. The monoisotopic (exact) mass is 261 g/mol. The van der Waals surface area contributed by atoms with Crippen LogP contribution in [0.5, 0.6) is 0 Å². The molecule has 7 nitrogen and oxygen atoms in total. The summed E-state index contributed by atoms with van der Waals surface area (Å²) in [6, 6.07) is 0.437. The van der Waals surface area contributed by atoms with Crippen molar-refractivity contribution >= 4 is 22.8 Å². The fraction of sp³-hybridized carbons (Fsp3) is 0.583. The van der Waals surface area contributed by atoms with Gasteiger partial charge in [0.05, 0.1) is 11.6 Å². The summed E-state index contributed by atoms with van der Waals surface area (Å²) in [6.45, 7) is 4.99. The van der Waals surface area contributed by atoms with E-state index in [0.29, 0.717) is 12.0 Å². The summed E-state index contributed by atoms with van der Waals surface area (Å²) in [5.74, 6) is 1.49. The number of nitrogens with one attached hydrogen (secondary N) is 3. The molecule has 102 valence electrons. The first-order valence-electron chi connectivity index (χ1n) is 6.66. The summed E-state index contributed by atoms with van der Waals surface area (Å²) < 4.78 is 0. The Kier molecular flexibility index (Phi) is 3.20. The first-order valence-corrected chi connectivity index (χ1v) is 6.66. The van der Waals surface area contributed by atoms with Crippen LogP contribution in [0.15, 0.2) is 6.20 Å². The number of nitrogens with zero attached hydrogens (tertiary/aromatic N) is 4. The molecule has 3 N–H and O–H groups in total. The predicted molar refractivity (Wildman–Crippen MR) is 75.4 cm³/mol. The molecule has 1 atom stereocenters. The van der Waals surface area contributed by atoms with Gasteiger partial charge in [-0.25, -0.2) is 0 Å². The number of likely N-dealkylation sites (tertiary alicyclic amines) is 1. The van der Waals surface area contributed by atoms with Crippen molar-refractivity contribution in [2.45, 2.75) is 19.4 Å². The highest BCUT2D eigenvalue weighted by molar-refractivity contribution is 5.87. The number of rotatable bonds is 4. The van der Waals surface area contributed by atoms with Crippen LogP contribution in [0.4, 0.5) is 11.8 Å². The first kappa shape index (κ1) is 12.2. The van der Waals surface area contributed by atoms with Crippen molar-refractivity contribution in [3.8, 4) is 0 Å². The Labute approximate surface area is 111 Å². The first-order chi connectivity index (χ1) is 9.26. The molecule has 3 rings (SSSR count).